The molecule has 7 nitrogen and oxygen atoms in total. The van der Waals surface area contributed by atoms with Crippen LogP contribution < -0.4 is 5.32 Å². The summed E-state index contributed by atoms with van der Waals surface area (Å²) in [5.41, 5.74) is 2.39. The van der Waals surface area contributed by atoms with E-state index in [1.54, 1.807) is 6.92 Å². The summed E-state index contributed by atoms with van der Waals surface area (Å²) in [6.45, 7) is 5.19. The van der Waals surface area contributed by atoms with E-state index < -0.39 is 12.0 Å². The number of amides is 1. The van der Waals surface area contributed by atoms with Crippen molar-refractivity contribution in [2.75, 3.05) is 38.0 Å². The maximum Gasteiger partial charge on any atom is 0.320 e. The summed E-state index contributed by atoms with van der Waals surface area (Å²) in [7, 11) is 0. The largest absolute Gasteiger partial charge is 0.480 e. The number of pyridine rings is 1. The van der Waals surface area contributed by atoms with Crippen molar-refractivity contribution in [3.63, 3.8) is 0 Å². The van der Waals surface area contributed by atoms with Crippen LogP contribution in [-0.4, -0.2) is 70.5 Å². The van der Waals surface area contributed by atoms with Crippen molar-refractivity contribution >= 4 is 17.7 Å². The third-order valence-corrected chi connectivity index (χ3v) is 5.60. The quantitative estimate of drug-likeness (QED) is 0.708. The molecule has 2 aliphatic heterocycles. The molecule has 0 saturated carbocycles. The van der Waals surface area contributed by atoms with Gasteiger partial charge in [-0.15, -0.1) is 0 Å². The van der Waals surface area contributed by atoms with Crippen molar-refractivity contribution in [1.82, 2.24) is 14.8 Å². The Balaban J connectivity index is 1.36. The number of aliphatic carboxylic acids is 1. The molecule has 0 aliphatic carbocycles. The summed E-state index contributed by atoms with van der Waals surface area (Å²) in [5, 5.41) is 12.4. The van der Waals surface area contributed by atoms with Crippen molar-refractivity contribution in [2.45, 2.75) is 51.5 Å². The van der Waals surface area contributed by atoms with Gasteiger partial charge in [-0.25, -0.2) is 4.98 Å². The highest BCUT2D eigenvalue weighted by molar-refractivity contribution is 5.76. The number of nitrogens with zero attached hydrogens (tertiary/aromatic N) is 3. The number of fused-ring (bicyclic) bond motifs is 1. The summed E-state index contributed by atoms with van der Waals surface area (Å²) in [6, 6.07) is 3.80. The van der Waals surface area contributed by atoms with Gasteiger partial charge < -0.3 is 15.3 Å². The molecular formula is C20H30N4O3. The maximum atomic E-state index is 12.4. The minimum absolute atomic E-state index is 0.178. The third kappa shape index (κ3) is 5.19. The maximum absolute atomic E-state index is 12.4. The first-order chi connectivity index (χ1) is 13.0. The molecule has 1 saturated heterocycles. The Hall–Kier alpha value is -2.15. The van der Waals surface area contributed by atoms with E-state index in [-0.39, 0.29) is 5.91 Å². The summed E-state index contributed by atoms with van der Waals surface area (Å²) < 4.78 is 0. The minimum Gasteiger partial charge on any atom is -0.480 e. The van der Waals surface area contributed by atoms with Gasteiger partial charge in [0, 0.05) is 44.8 Å². The Labute approximate surface area is 160 Å². The van der Waals surface area contributed by atoms with Crippen LogP contribution in [0, 0.1) is 0 Å². The van der Waals surface area contributed by atoms with Crippen LogP contribution in [0.15, 0.2) is 12.1 Å². The van der Waals surface area contributed by atoms with Crippen LogP contribution in [0.2, 0.25) is 0 Å². The second-order valence-electron chi connectivity index (χ2n) is 7.48. The van der Waals surface area contributed by atoms with Crippen LogP contribution in [0.4, 0.5) is 5.82 Å². The standard InChI is InChI=1S/C20H30N4O3/c1-15(20(26)27)23-11-13-24(14-12-23)18(25)7-3-2-6-17-9-8-16-5-4-10-21-19(16)22-17/h8-9,15H,2-7,10-14H2,1H3,(H,21,22)(H,26,27). The lowest BCUT2D eigenvalue weighted by atomic mass is 10.1. The zero-order valence-electron chi connectivity index (χ0n) is 16.1. The fourth-order valence-corrected chi connectivity index (χ4v) is 3.76. The molecule has 7 heteroatoms. The first-order valence-electron chi connectivity index (χ1n) is 10.0. The van der Waals surface area contributed by atoms with Gasteiger partial charge in [0.2, 0.25) is 5.91 Å². The molecule has 1 amide bonds. The number of aromatic nitrogens is 1. The molecule has 0 bridgehead atoms. The number of carboxylic acid groups (broad SMARTS) is 1. The number of piperazine rings is 1. The predicted molar refractivity (Wildman–Crippen MR) is 104 cm³/mol. The van der Waals surface area contributed by atoms with Gasteiger partial charge >= 0.3 is 5.97 Å². The molecule has 1 fully saturated rings. The smallest absolute Gasteiger partial charge is 0.320 e. The van der Waals surface area contributed by atoms with Crippen LogP contribution in [0.25, 0.3) is 0 Å². The lowest BCUT2D eigenvalue weighted by molar-refractivity contribution is -0.144. The second kappa shape index (κ2) is 9.17. The fourth-order valence-electron chi connectivity index (χ4n) is 3.76. The summed E-state index contributed by atoms with van der Waals surface area (Å²) >= 11 is 0. The Bertz CT molecular complexity index is 671. The molecule has 3 rings (SSSR count). The molecule has 0 aromatic carbocycles. The van der Waals surface area contributed by atoms with Gasteiger partial charge in [0.1, 0.15) is 11.9 Å². The van der Waals surface area contributed by atoms with Crippen LogP contribution >= 0.6 is 0 Å². The summed E-state index contributed by atoms with van der Waals surface area (Å²) in [4.78, 5) is 31.9. The lowest BCUT2D eigenvalue weighted by Crippen LogP contribution is -2.53. The number of hydrogen-bond donors (Lipinski definition) is 2. The molecule has 1 unspecified atom stereocenters. The number of aryl methyl sites for hydroxylation is 2. The summed E-state index contributed by atoms with van der Waals surface area (Å²) in [6.07, 6.45) is 5.52. The van der Waals surface area contributed by atoms with Gasteiger partial charge in [0.25, 0.3) is 0 Å². The van der Waals surface area contributed by atoms with E-state index >= 15 is 0 Å². The number of carboxylic acids is 1. The molecule has 1 atom stereocenters. The number of carbonyl (C=O) groups excluding carboxylic acids is 1. The molecule has 0 radical (unpaired) electrons. The molecule has 148 valence electrons. The Morgan fingerprint density at radius 3 is 2.74 bits per heavy atom. The zero-order valence-corrected chi connectivity index (χ0v) is 16.1. The average molecular weight is 374 g/mol. The Morgan fingerprint density at radius 1 is 1.22 bits per heavy atom. The van der Waals surface area contributed by atoms with Gasteiger partial charge in [-0.2, -0.15) is 0 Å². The van der Waals surface area contributed by atoms with Gasteiger partial charge in [-0.05, 0) is 50.7 Å². The Kier molecular flexibility index (Phi) is 6.66. The number of anilines is 1. The van der Waals surface area contributed by atoms with E-state index in [1.165, 1.54) is 12.0 Å². The number of hydrogen-bond acceptors (Lipinski definition) is 5. The molecule has 1 aromatic rings. The van der Waals surface area contributed by atoms with Crippen molar-refractivity contribution < 1.29 is 14.7 Å². The average Bonchev–Trinajstić information content (AvgIpc) is 2.70. The molecule has 1 aromatic heterocycles. The number of nitrogens with one attached hydrogen (secondary N) is 1. The first kappa shape index (κ1) is 19.6. The molecule has 2 aliphatic rings. The topological polar surface area (TPSA) is 85.8 Å². The van der Waals surface area contributed by atoms with Crippen LogP contribution in [-0.2, 0) is 22.4 Å². The third-order valence-electron chi connectivity index (χ3n) is 5.60. The lowest BCUT2D eigenvalue weighted by Gasteiger charge is -2.36. The van der Waals surface area contributed by atoms with Gasteiger partial charge in [-0.1, -0.05) is 6.07 Å². The molecule has 3 heterocycles. The Morgan fingerprint density at radius 2 is 2.00 bits per heavy atom. The van der Waals surface area contributed by atoms with E-state index in [9.17, 15) is 9.59 Å². The minimum atomic E-state index is -0.805. The van der Waals surface area contributed by atoms with E-state index in [0.717, 1.165) is 43.7 Å². The van der Waals surface area contributed by atoms with E-state index in [2.05, 4.69) is 17.4 Å². The van der Waals surface area contributed by atoms with Gasteiger partial charge in [-0.3, -0.25) is 14.5 Å². The molecule has 27 heavy (non-hydrogen) atoms. The monoisotopic (exact) mass is 374 g/mol. The molecule has 0 spiro atoms. The van der Waals surface area contributed by atoms with Crippen molar-refractivity contribution in [1.29, 1.82) is 0 Å². The number of rotatable bonds is 7. The van der Waals surface area contributed by atoms with E-state index in [4.69, 9.17) is 10.1 Å². The summed E-state index contributed by atoms with van der Waals surface area (Å²) in [5.74, 6) is 0.404. The van der Waals surface area contributed by atoms with Gasteiger partial charge in [0.15, 0.2) is 0 Å². The molecular weight excluding hydrogens is 344 g/mol. The first-order valence-corrected chi connectivity index (χ1v) is 10.0. The molecule has 2 N–H and O–H groups in total. The van der Waals surface area contributed by atoms with Crippen molar-refractivity contribution in [2.24, 2.45) is 0 Å². The van der Waals surface area contributed by atoms with Crippen LogP contribution in [0.5, 0.6) is 0 Å². The van der Waals surface area contributed by atoms with Crippen LogP contribution in [0.3, 0.4) is 0 Å². The second-order valence-corrected chi connectivity index (χ2v) is 7.48. The van der Waals surface area contributed by atoms with Gasteiger partial charge in [0.05, 0.1) is 0 Å². The zero-order chi connectivity index (χ0) is 19.2. The predicted octanol–water partition coefficient (Wildman–Crippen LogP) is 1.77. The van der Waals surface area contributed by atoms with Crippen molar-refractivity contribution in [3.05, 3.63) is 23.4 Å². The normalized spacial score (nSPS) is 18.5. The van der Waals surface area contributed by atoms with E-state index in [0.29, 0.717) is 32.6 Å². The number of carbonyl (C=O) groups is 2. The number of unbranched alkanes of at least 4 members (excludes halogenated alkanes) is 1. The highest BCUT2D eigenvalue weighted by Crippen LogP contribution is 2.20. The van der Waals surface area contributed by atoms with Crippen LogP contribution in [0.1, 0.15) is 43.9 Å². The highest BCUT2D eigenvalue weighted by Gasteiger charge is 2.26. The fraction of sp³-hybridized carbons (Fsp3) is 0.650. The highest BCUT2D eigenvalue weighted by atomic mass is 16.4. The van der Waals surface area contributed by atoms with E-state index in [1.807, 2.05) is 9.80 Å². The SMILES string of the molecule is CC(C(=O)O)N1CCN(C(=O)CCCCc2ccc3c(n2)NCCC3)CC1. The van der Waals surface area contributed by atoms with Crippen molar-refractivity contribution in [3.8, 4) is 0 Å².